The van der Waals surface area contributed by atoms with Crippen LogP contribution in [0.1, 0.15) is 6.42 Å². The maximum absolute atomic E-state index is 13.6. The van der Waals surface area contributed by atoms with Crippen molar-refractivity contribution >= 4 is 33.8 Å². The molecule has 1 aliphatic heterocycles. The lowest BCUT2D eigenvalue weighted by atomic mass is 9.95. The van der Waals surface area contributed by atoms with E-state index in [1.807, 2.05) is 0 Å². The van der Waals surface area contributed by atoms with Gasteiger partial charge in [-0.15, -0.1) is 0 Å². The lowest BCUT2D eigenvalue weighted by Crippen LogP contribution is -2.60. The van der Waals surface area contributed by atoms with E-state index in [2.05, 4.69) is 0 Å². The van der Waals surface area contributed by atoms with Gasteiger partial charge in [0.1, 0.15) is 5.41 Å². The number of urea groups is 1. The van der Waals surface area contributed by atoms with Crippen LogP contribution in [0.2, 0.25) is 0 Å². The van der Waals surface area contributed by atoms with Gasteiger partial charge in [-0.05, 0) is 22.4 Å². The van der Waals surface area contributed by atoms with Crippen molar-refractivity contribution in [2.75, 3.05) is 14.1 Å². The third kappa shape index (κ3) is 1.63. The summed E-state index contributed by atoms with van der Waals surface area (Å²) >= 11 is 1.57. The first-order valence-electron chi connectivity index (χ1n) is 5.44. The Bertz CT molecular complexity index is 495. The number of carbonyl (C=O) groups excluding carboxylic acids is 3. The van der Waals surface area contributed by atoms with Crippen molar-refractivity contribution in [2.45, 2.75) is 17.2 Å². The summed E-state index contributed by atoms with van der Waals surface area (Å²) in [5.41, 5.74) is -2.28. The molecule has 4 amide bonds. The molecule has 0 aromatic carbocycles. The topological polar surface area (TPSA) is 57.7 Å². The van der Waals surface area contributed by atoms with E-state index in [0.29, 0.717) is 9.80 Å². The number of carbonyl (C=O) groups is 3. The Balaban J connectivity index is 2.42. The van der Waals surface area contributed by atoms with Crippen LogP contribution in [0, 0.1) is 11.3 Å². The molecule has 1 spiro atoms. The zero-order chi connectivity index (χ0) is 15.7. The molecule has 0 bridgehead atoms. The van der Waals surface area contributed by atoms with Gasteiger partial charge < -0.3 is 0 Å². The minimum atomic E-state index is -4.58. The zero-order valence-electron chi connectivity index (χ0n) is 10.3. The molecular formula is C10H9BrF4N2O3. The number of hydrogen-bond donors (Lipinski definition) is 0. The van der Waals surface area contributed by atoms with Crippen LogP contribution < -0.4 is 0 Å². The molecule has 0 N–H and O–H groups in total. The van der Waals surface area contributed by atoms with Gasteiger partial charge in [-0.1, -0.05) is 0 Å². The van der Waals surface area contributed by atoms with E-state index >= 15 is 0 Å². The second-order valence-electron chi connectivity index (χ2n) is 4.86. The van der Waals surface area contributed by atoms with Gasteiger partial charge in [0, 0.05) is 14.1 Å². The van der Waals surface area contributed by atoms with Crippen molar-refractivity contribution in [3.63, 3.8) is 0 Å². The summed E-state index contributed by atoms with van der Waals surface area (Å²) in [5, 5.41) is 0. The molecule has 1 saturated heterocycles. The number of rotatable bonds is 2. The summed E-state index contributed by atoms with van der Waals surface area (Å²) in [5.74, 6) is -9.08. The van der Waals surface area contributed by atoms with Crippen molar-refractivity contribution in [1.82, 2.24) is 9.80 Å². The fourth-order valence-electron chi connectivity index (χ4n) is 2.46. The van der Waals surface area contributed by atoms with E-state index in [9.17, 15) is 31.9 Å². The molecular weight excluding hydrogens is 352 g/mol. The normalized spacial score (nSPS) is 26.6. The minimum Gasteiger partial charge on any atom is -0.273 e. The van der Waals surface area contributed by atoms with E-state index in [1.165, 1.54) is 0 Å². The molecule has 0 radical (unpaired) electrons. The highest BCUT2D eigenvalue weighted by molar-refractivity contribution is 9.10. The van der Waals surface area contributed by atoms with Crippen molar-refractivity contribution in [2.24, 2.45) is 11.3 Å². The first-order chi connectivity index (χ1) is 8.89. The molecule has 2 aliphatic rings. The molecule has 5 nitrogen and oxygen atoms in total. The Morgan fingerprint density at radius 1 is 1.10 bits per heavy atom. The lowest BCUT2D eigenvalue weighted by Gasteiger charge is -2.35. The van der Waals surface area contributed by atoms with Crippen molar-refractivity contribution in [3.8, 4) is 0 Å². The number of alkyl halides is 5. The quantitative estimate of drug-likeness (QED) is 0.427. The van der Waals surface area contributed by atoms with E-state index in [0.717, 1.165) is 14.1 Å². The highest BCUT2D eigenvalue weighted by atomic mass is 79.9. The highest BCUT2D eigenvalue weighted by Crippen LogP contribution is 2.66. The molecule has 20 heavy (non-hydrogen) atoms. The van der Waals surface area contributed by atoms with Crippen molar-refractivity contribution in [3.05, 3.63) is 0 Å². The first kappa shape index (κ1) is 15.2. The molecule has 0 aromatic rings. The van der Waals surface area contributed by atoms with Crippen LogP contribution in [-0.2, 0) is 9.59 Å². The smallest absolute Gasteiger partial charge is 0.273 e. The number of halogens is 5. The first-order valence-corrected chi connectivity index (χ1v) is 6.23. The lowest BCUT2D eigenvalue weighted by molar-refractivity contribution is -0.177. The van der Waals surface area contributed by atoms with Gasteiger partial charge in [-0.2, -0.15) is 17.6 Å². The molecule has 1 unspecified atom stereocenters. The molecule has 2 fully saturated rings. The fraction of sp³-hybridized carbons (Fsp3) is 0.700. The van der Waals surface area contributed by atoms with Gasteiger partial charge in [0.05, 0.1) is 5.92 Å². The fourth-order valence-corrected chi connectivity index (χ4v) is 2.74. The Morgan fingerprint density at radius 2 is 1.50 bits per heavy atom. The number of imide groups is 2. The summed E-state index contributed by atoms with van der Waals surface area (Å²) in [6, 6.07) is -0.981. The van der Waals surface area contributed by atoms with E-state index in [-0.39, 0.29) is 0 Å². The Morgan fingerprint density at radius 3 is 1.85 bits per heavy atom. The molecule has 1 saturated carbocycles. The molecule has 1 aliphatic carbocycles. The maximum Gasteiger partial charge on any atom is 0.363 e. The van der Waals surface area contributed by atoms with Crippen molar-refractivity contribution < 1.29 is 31.9 Å². The van der Waals surface area contributed by atoms with Gasteiger partial charge in [-0.3, -0.25) is 19.4 Å². The SMILES string of the molecule is CN1C(=O)N(C)C(=O)C2(CC2C(F)(F)C(F)(F)Br)C1=O. The Kier molecular flexibility index (Phi) is 2.98. The molecule has 2 rings (SSSR count). The number of barbiturate groups is 1. The summed E-state index contributed by atoms with van der Waals surface area (Å²) in [7, 11) is 2.02. The van der Waals surface area contributed by atoms with Crippen LogP contribution >= 0.6 is 15.9 Å². The summed E-state index contributed by atoms with van der Waals surface area (Å²) in [6.07, 6.45) is -0.721. The van der Waals surface area contributed by atoms with Crippen LogP contribution in [0.3, 0.4) is 0 Å². The van der Waals surface area contributed by atoms with Crippen LogP contribution in [0.5, 0.6) is 0 Å². The van der Waals surface area contributed by atoms with Crippen molar-refractivity contribution in [1.29, 1.82) is 0 Å². The molecule has 0 aromatic heterocycles. The second-order valence-corrected chi connectivity index (χ2v) is 5.86. The maximum atomic E-state index is 13.6. The summed E-state index contributed by atoms with van der Waals surface area (Å²) < 4.78 is 53.0. The Labute approximate surface area is 119 Å². The van der Waals surface area contributed by atoms with Gasteiger partial charge >= 0.3 is 16.8 Å². The monoisotopic (exact) mass is 360 g/mol. The minimum absolute atomic E-state index is 0.490. The standard InChI is InChI=1S/C10H9BrF4N2O3/c1-16-5(18)8(6(19)17(2)7(16)20)3-4(8)9(12,13)10(11,14)15/h4H,3H2,1-2H3. The number of nitrogens with zero attached hydrogens (tertiary/aromatic N) is 2. The zero-order valence-corrected chi connectivity index (χ0v) is 11.9. The van der Waals surface area contributed by atoms with Gasteiger partial charge in [-0.25, -0.2) is 4.79 Å². The van der Waals surface area contributed by atoms with E-state index < -0.39 is 46.4 Å². The average molecular weight is 361 g/mol. The number of hydrogen-bond acceptors (Lipinski definition) is 3. The van der Waals surface area contributed by atoms with Gasteiger partial charge in [0.2, 0.25) is 11.8 Å². The van der Waals surface area contributed by atoms with Crippen LogP contribution in [0.25, 0.3) is 0 Å². The van der Waals surface area contributed by atoms with Gasteiger partial charge in [0.25, 0.3) is 0 Å². The summed E-state index contributed by atoms with van der Waals surface area (Å²) in [4.78, 5) is 31.8. The largest absolute Gasteiger partial charge is 0.363 e. The van der Waals surface area contributed by atoms with E-state index in [1.54, 1.807) is 15.9 Å². The van der Waals surface area contributed by atoms with Crippen LogP contribution in [0.15, 0.2) is 0 Å². The Hall–Kier alpha value is -1.19. The number of amides is 4. The molecule has 1 atom stereocenters. The third-order valence-electron chi connectivity index (χ3n) is 3.72. The third-order valence-corrected chi connectivity index (χ3v) is 4.25. The molecule has 1 heterocycles. The highest BCUT2D eigenvalue weighted by Gasteiger charge is 2.81. The van der Waals surface area contributed by atoms with Gasteiger partial charge in [0.15, 0.2) is 0 Å². The molecule has 112 valence electrons. The van der Waals surface area contributed by atoms with Crippen LogP contribution in [-0.4, -0.2) is 52.5 Å². The predicted molar refractivity (Wildman–Crippen MR) is 60.3 cm³/mol. The van der Waals surface area contributed by atoms with E-state index in [4.69, 9.17) is 0 Å². The second kappa shape index (κ2) is 3.92. The van der Waals surface area contributed by atoms with Crippen LogP contribution in [0.4, 0.5) is 22.4 Å². The predicted octanol–water partition coefficient (Wildman–Crippen LogP) is 1.67. The molecule has 10 heteroatoms. The summed E-state index contributed by atoms with van der Waals surface area (Å²) in [6.45, 7) is 0. The average Bonchev–Trinajstić information content (AvgIpc) is 3.08.